The van der Waals surface area contributed by atoms with Crippen molar-refractivity contribution in [2.24, 2.45) is 0 Å². The molecule has 3 nitrogen and oxygen atoms in total. The van der Waals surface area contributed by atoms with Crippen LogP contribution in [0.2, 0.25) is 0 Å². The smallest absolute Gasteiger partial charge is 0.176 e. The van der Waals surface area contributed by atoms with Crippen molar-refractivity contribution in [3.8, 4) is 0 Å². The van der Waals surface area contributed by atoms with Crippen LogP contribution in [-0.2, 0) is 0 Å². The van der Waals surface area contributed by atoms with E-state index in [1.165, 1.54) is 30.2 Å². The molecule has 0 amide bonds. The van der Waals surface area contributed by atoms with Crippen LogP contribution in [-0.4, -0.2) is 21.5 Å². The fourth-order valence-electron chi connectivity index (χ4n) is 1.99. The van der Waals surface area contributed by atoms with Gasteiger partial charge in [0, 0.05) is 5.39 Å². The van der Waals surface area contributed by atoms with E-state index in [1.54, 1.807) is 12.1 Å². The average Bonchev–Trinajstić information content (AvgIpc) is 2.53. The SMILES string of the molecule is O=C(CSc1ncnc2ccccc12)c1ccccc1F. The summed E-state index contributed by atoms with van der Waals surface area (Å²) in [5.41, 5.74) is 0.941. The van der Waals surface area contributed by atoms with E-state index in [0.717, 1.165) is 15.9 Å². The van der Waals surface area contributed by atoms with Crippen molar-refractivity contribution in [3.05, 3.63) is 66.2 Å². The molecular formula is C16H11FN2OS. The Kier molecular flexibility index (Phi) is 3.92. The first kappa shape index (κ1) is 13.7. The number of rotatable bonds is 4. The highest BCUT2D eigenvalue weighted by atomic mass is 32.2. The van der Waals surface area contributed by atoms with E-state index in [9.17, 15) is 9.18 Å². The van der Waals surface area contributed by atoms with Crippen molar-refractivity contribution in [1.29, 1.82) is 0 Å². The molecule has 1 heterocycles. The molecule has 0 fully saturated rings. The first-order valence-corrected chi connectivity index (χ1v) is 7.34. The minimum Gasteiger partial charge on any atom is -0.293 e. The average molecular weight is 298 g/mol. The van der Waals surface area contributed by atoms with Crippen molar-refractivity contribution >= 4 is 28.4 Å². The standard InChI is InChI=1S/C16H11FN2OS/c17-13-7-3-1-5-11(13)15(20)9-21-16-12-6-2-4-8-14(12)18-10-19-16/h1-8,10H,9H2. The van der Waals surface area contributed by atoms with Crippen LogP contribution in [0.3, 0.4) is 0 Å². The normalized spacial score (nSPS) is 10.7. The lowest BCUT2D eigenvalue weighted by Gasteiger charge is -2.05. The van der Waals surface area contributed by atoms with Gasteiger partial charge in [-0.25, -0.2) is 14.4 Å². The van der Waals surface area contributed by atoms with E-state index in [1.807, 2.05) is 24.3 Å². The molecule has 0 aliphatic heterocycles. The van der Waals surface area contributed by atoms with Crippen LogP contribution in [0.25, 0.3) is 10.9 Å². The van der Waals surface area contributed by atoms with Crippen LogP contribution in [0.1, 0.15) is 10.4 Å². The van der Waals surface area contributed by atoms with Crippen molar-refractivity contribution in [3.63, 3.8) is 0 Å². The lowest BCUT2D eigenvalue weighted by Crippen LogP contribution is -2.05. The highest BCUT2D eigenvalue weighted by Gasteiger charge is 2.12. The Labute approximate surface area is 125 Å². The molecule has 0 aliphatic rings. The number of nitrogens with zero attached hydrogens (tertiary/aromatic N) is 2. The molecule has 0 bridgehead atoms. The number of halogens is 1. The number of carbonyl (C=O) groups is 1. The van der Waals surface area contributed by atoms with Crippen LogP contribution >= 0.6 is 11.8 Å². The number of ketones is 1. The summed E-state index contributed by atoms with van der Waals surface area (Å²) in [6.45, 7) is 0. The van der Waals surface area contributed by atoms with Gasteiger partial charge in [0.05, 0.1) is 16.8 Å². The third-order valence-electron chi connectivity index (χ3n) is 3.02. The topological polar surface area (TPSA) is 42.9 Å². The first-order valence-electron chi connectivity index (χ1n) is 6.36. The van der Waals surface area contributed by atoms with E-state index in [0.29, 0.717) is 0 Å². The molecule has 5 heteroatoms. The van der Waals surface area contributed by atoms with Crippen LogP contribution in [0.5, 0.6) is 0 Å². The van der Waals surface area contributed by atoms with Gasteiger partial charge in [0.25, 0.3) is 0 Å². The minimum absolute atomic E-state index is 0.114. The highest BCUT2D eigenvalue weighted by molar-refractivity contribution is 8.00. The number of hydrogen-bond acceptors (Lipinski definition) is 4. The maximum atomic E-state index is 13.6. The summed E-state index contributed by atoms with van der Waals surface area (Å²) in [5, 5.41) is 1.62. The van der Waals surface area contributed by atoms with Gasteiger partial charge in [-0.1, -0.05) is 42.1 Å². The van der Waals surface area contributed by atoms with Gasteiger partial charge < -0.3 is 0 Å². The van der Waals surface area contributed by atoms with Crippen molar-refractivity contribution in [1.82, 2.24) is 9.97 Å². The molecule has 0 radical (unpaired) electrons. The molecular weight excluding hydrogens is 287 g/mol. The van der Waals surface area contributed by atoms with Crippen LogP contribution < -0.4 is 0 Å². The van der Waals surface area contributed by atoms with Crippen molar-refractivity contribution < 1.29 is 9.18 Å². The Bertz CT molecular complexity index is 802. The van der Waals surface area contributed by atoms with Gasteiger partial charge >= 0.3 is 0 Å². The molecule has 21 heavy (non-hydrogen) atoms. The quantitative estimate of drug-likeness (QED) is 0.418. The molecule has 0 spiro atoms. The summed E-state index contributed by atoms with van der Waals surface area (Å²) in [6.07, 6.45) is 1.47. The third-order valence-corrected chi connectivity index (χ3v) is 4.03. The van der Waals surface area contributed by atoms with Crippen molar-refractivity contribution in [2.75, 3.05) is 5.75 Å². The van der Waals surface area contributed by atoms with Crippen molar-refractivity contribution in [2.45, 2.75) is 5.03 Å². The third kappa shape index (κ3) is 2.92. The molecule has 3 rings (SSSR count). The predicted octanol–water partition coefficient (Wildman–Crippen LogP) is 3.74. The number of carbonyl (C=O) groups excluding carboxylic acids is 1. The number of hydrogen-bond donors (Lipinski definition) is 0. The van der Waals surface area contributed by atoms with E-state index in [2.05, 4.69) is 9.97 Å². The predicted molar refractivity (Wildman–Crippen MR) is 81.0 cm³/mol. The summed E-state index contributed by atoms with van der Waals surface area (Å²) in [7, 11) is 0. The van der Waals surface area contributed by atoms with E-state index < -0.39 is 5.82 Å². The number of para-hydroxylation sites is 1. The number of aromatic nitrogens is 2. The maximum Gasteiger partial charge on any atom is 0.176 e. The maximum absolute atomic E-state index is 13.6. The van der Waals surface area contributed by atoms with Gasteiger partial charge in [0.1, 0.15) is 17.2 Å². The lowest BCUT2D eigenvalue weighted by atomic mass is 10.1. The summed E-state index contributed by atoms with van der Waals surface area (Å²) >= 11 is 1.29. The molecule has 3 aromatic rings. The fraction of sp³-hybridized carbons (Fsp3) is 0.0625. The molecule has 0 aliphatic carbocycles. The lowest BCUT2D eigenvalue weighted by molar-refractivity contribution is 0.101. The van der Waals surface area contributed by atoms with E-state index in [4.69, 9.17) is 0 Å². The monoisotopic (exact) mass is 298 g/mol. The largest absolute Gasteiger partial charge is 0.293 e. The molecule has 1 aromatic heterocycles. The van der Waals surface area contributed by atoms with Gasteiger partial charge in [-0.05, 0) is 18.2 Å². The Morgan fingerprint density at radius 3 is 2.67 bits per heavy atom. The Morgan fingerprint density at radius 2 is 1.81 bits per heavy atom. The second-order valence-electron chi connectivity index (χ2n) is 4.39. The molecule has 0 atom stereocenters. The van der Waals surface area contributed by atoms with Crippen LogP contribution in [0, 0.1) is 5.82 Å². The highest BCUT2D eigenvalue weighted by Crippen LogP contribution is 2.25. The van der Waals surface area contributed by atoms with E-state index in [-0.39, 0.29) is 17.1 Å². The zero-order valence-electron chi connectivity index (χ0n) is 11.0. The second-order valence-corrected chi connectivity index (χ2v) is 5.35. The Morgan fingerprint density at radius 1 is 1.05 bits per heavy atom. The molecule has 0 saturated carbocycles. The minimum atomic E-state index is -0.490. The molecule has 104 valence electrons. The second kappa shape index (κ2) is 6.01. The number of Topliss-reactive ketones (excluding diaryl/α,β-unsaturated/α-hetero) is 1. The van der Waals surface area contributed by atoms with Crippen LogP contribution in [0.4, 0.5) is 4.39 Å². The van der Waals surface area contributed by atoms with E-state index >= 15 is 0 Å². The molecule has 0 N–H and O–H groups in total. The summed E-state index contributed by atoms with van der Waals surface area (Å²) < 4.78 is 13.6. The van der Waals surface area contributed by atoms with Gasteiger partial charge in [-0.2, -0.15) is 0 Å². The zero-order valence-corrected chi connectivity index (χ0v) is 11.8. The summed E-state index contributed by atoms with van der Waals surface area (Å²) in [4.78, 5) is 20.4. The molecule has 2 aromatic carbocycles. The Hall–Kier alpha value is -2.27. The zero-order chi connectivity index (χ0) is 14.7. The number of thioether (sulfide) groups is 1. The summed E-state index contributed by atoms with van der Waals surface area (Å²) in [5.74, 6) is -0.599. The number of fused-ring (bicyclic) bond motifs is 1. The Balaban J connectivity index is 1.81. The number of benzene rings is 2. The molecule has 0 unspecified atom stereocenters. The van der Waals surface area contributed by atoms with Gasteiger partial charge in [0.2, 0.25) is 0 Å². The van der Waals surface area contributed by atoms with Crippen LogP contribution in [0.15, 0.2) is 59.9 Å². The summed E-state index contributed by atoms with van der Waals surface area (Å²) in [6, 6.07) is 13.6. The van der Waals surface area contributed by atoms with Gasteiger partial charge in [0.15, 0.2) is 5.78 Å². The van der Waals surface area contributed by atoms with Gasteiger partial charge in [-0.3, -0.25) is 4.79 Å². The first-order chi connectivity index (χ1) is 10.3. The molecule has 0 saturated heterocycles. The van der Waals surface area contributed by atoms with Gasteiger partial charge in [-0.15, -0.1) is 0 Å². The fourth-order valence-corrected chi connectivity index (χ4v) is 2.87.